The van der Waals surface area contributed by atoms with Crippen molar-refractivity contribution in [1.82, 2.24) is 9.29 Å². The van der Waals surface area contributed by atoms with Crippen molar-refractivity contribution in [2.45, 2.75) is 65.3 Å². The Hall–Kier alpha value is -2.60. The van der Waals surface area contributed by atoms with Crippen molar-refractivity contribution in [2.24, 2.45) is 15.6 Å². The number of hydrogen-bond donors (Lipinski definition) is 3. The van der Waals surface area contributed by atoms with E-state index in [1.54, 1.807) is 13.8 Å². The smallest absolute Gasteiger partial charge is 0.257 e. The zero-order valence-electron chi connectivity index (χ0n) is 22.1. The summed E-state index contributed by atoms with van der Waals surface area (Å²) in [5.74, 6) is -0.257. The van der Waals surface area contributed by atoms with Gasteiger partial charge in [0.1, 0.15) is 5.69 Å². The molecule has 1 aromatic heterocycles. The fraction of sp³-hybridized carbons (Fsp3) is 0.560. The van der Waals surface area contributed by atoms with Crippen LogP contribution in [0.25, 0.3) is 0 Å². The number of hydrogen-bond acceptors (Lipinski definition) is 8. The van der Waals surface area contributed by atoms with Gasteiger partial charge in [0.25, 0.3) is 5.56 Å². The molecule has 0 bridgehead atoms. The first-order valence-corrected chi connectivity index (χ1v) is 13.2. The van der Waals surface area contributed by atoms with E-state index in [1.807, 2.05) is 13.8 Å². The van der Waals surface area contributed by atoms with E-state index in [0.717, 1.165) is 0 Å². The molecule has 0 aliphatic carbocycles. The number of aromatic hydroxyl groups is 1. The lowest BCUT2D eigenvalue weighted by Gasteiger charge is -2.35. The van der Waals surface area contributed by atoms with Gasteiger partial charge in [-0.3, -0.25) is 9.36 Å². The normalized spacial score (nSPS) is 13.0. The van der Waals surface area contributed by atoms with Crippen molar-refractivity contribution in [3.63, 3.8) is 0 Å². The van der Waals surface area contributed by atoms with Gasteiger partial charge in [0.05, 0.1) is 30.4 Å². The van der Waals surface area contributed by atoms with E-state index in [-0.39, 0.29) is 53.8 Å². The fourth-order valence-electron chi connectivity index (χ4n) is 4.23. The van der Waals surface area contributed by atoms with Gasteiger partial charge in [0, 0.05) is 17.6 Å². The molecule has 0 saturated heterocycles. The summed E-state index contributed by atoms with van der Waals surface area (Å²) in [5, 5.41) is 28.2. The van der Waals surface area contributed by atoms with Crippen LogP contribution in [0.3, 0.4) is 0 Å². The Morgan fingerprint density at radius 1 is 1.00 bits per heavy atom. The fourth-order valence-corrected chi connectivity index (χ4v) is 5.24. The quantitative estimate of drug-likeness (QED) is 0.300. The second-order valence-corrected chi connectivity index (χ2v) is 12.3. The molecular formula is C25H38N4O6S. The van der Waals surface area contributed by atoms with Crippen LogP contribution in [0.1, 0.15) is 52.2 Å². The molecule has 0 aliphatic rings. The van der Waals surface area contributed by atoms with Crippen LogP contribution in [0.4, 0.5) is 11.4 Å². The molecule has 1 heterocycles. The molecule has 0 atom stereocenters. The van der Waals surface area contributed by atoms with Gasteiger partial charge in [-0.05, 0) is 69.4 Å². The predicted molar refractivity (Wildman–Crippen MR) is 139 cm³/mol. The van der Waals surface area contributed by atoms with E-state index in [0.29, 0.717) is 23.2 Å². The molecule has 0 radical (unpaired) electrons. The molecule has 0 fully saturated rings. The summed E-state index contributed by atoms with van der Waals surface area (Å²) in [5.41, 5.74) is 0.531. The summed E-state index contributed by atoms with van der Waals surface area (Å²) in [4.78, 5) is 13.1. The number of sulfonamides is 1. The lowest BCUT2D eigenvalue weighted by Crippen LogP contribution is -2.40. The Morgan fingerprint density at radius 3 is 2.17 bits per heavy atom. The molecule has 0 spiro atoms. The number of nitrogens with zero attached hydrogens (tertiary/aromatic N) is 3. The lowest BCUT2D eigenvalue weighted by molar-refractivity contribution is 0.0961. The first-order chi connectivity index (χ1) is 16.6. The van der Waals surface area contributed by atoms with Crippen LogP contribution in [0, 0.1) is 19.3 Å². The number of ether oxygens (including phenoxy) is 1. The maximum absolute atomic E-state index is 13.1. The SMILES string of the molecule is Cc1c(/N=N/c2ccc(S(=O)(=O)NCCOCCO)cc2)c(O)n(C(C)(C)CC(C)(C)C)c(=O)c1C. The van der Waals surface area contributed by atoms with Crippen molar-refractivity contribution in [3.05, 3.63) is 45.7 Å². The number of aliphatic hydroxyl groups excluding tert-OH is 1. The van der Waals surface area contributed by atoms with Crippen molar-refractivity contribution in [1.29, 1.82) is 0 Å². The summed E-state index contributed by atoms with van der Waals surface area (Å²) < 4.78 is 33.7. The highest BCUT2D eigenvalue weighted by Gasteiger charge is 2.32. The number of nitrogens with one attached hydrogen (secondary N) is 1. The first-order valence-electron chi connectivity index (χ1n) is 11.8. The van der Waals surface area contributed by atoms with Gasteiger partial charge in [-0.1, -0.05) is 20.8 Å². The van der Waals surface area contributed by atoms with Gasteiger partial charge >= 0.3 is 0 Å². The zero-order chi connectivity index (χ0) is 27.3. The number of aromatic nitrogens is 1. The molecule has 2 rings (SSSR count). The minimum atomic E-state index is -3.74. The predicted octanol–water partition coefficient (Wildman–Crippen LogP) is 4.04. The second kappa shape index (κ2) is 11.6. The van der Waals surface area contributed by atoms with Gasteiger partial charge in [0.2, 0.25) is 15.9 Å². The van der Waals surface area contributed by atoms with E-state index in [9.17, 15) is 18.3 Å². The minimum absolute atomic E-state index is 0.0518. The Balaban J connectivity index is 2.33. The number of pyridine rings is 1. The minimum Gasteiger partial charge on any atom is -0.493 e. The van der Waals surface area contributed by atoms with E-state index in [4.69, 9.17) is 9.84 Å². The molecule has 3 N–H and O–H groups in total. The molecule has 0 unspecified atom stereocenters. The van der Waals surface area contributed by atoms with Crippen LogP contribution in [0.5, 0.6) is 5.88 Å². The summed E-state index contributed by atoms with van der Waals surface area (Å²) in [7, 11) is -3.74. The standard InChI is InChI=1S/C25H38N4O6S/c1-17-18(2)22(31)29(25(6,7)16-24(3,4)5)23(32)21(17)28-27-19-8-10-20(11-9-19)36(33,34)26-12-14-35-15-13-30/h8-11,26,30,32H,12-16H2,1-7H3/b28-27+. The largest absolute Gasteiger partial charge is 0.493 e. The van der Waals surface area contributed by atoms with Crippen molar-refractivity contribution >= 4 is 21.4 Å². The Labute approximate surface area is 213 Å². The van der Waals surface area contributed by atoms with E-state index in [2.05, 4.69) is 35.7 Å². The number of azo groups is 1. The first kappa shape index (κ1) is 29.6. The van der Waals surface area contributed by atoms with Crippen molar-refractivity contribution < 1.29 is 23.4 Å². The third kappa shape index (κ3) is 7.45. The Bertz CT molecular complexity index is 1240. The molecule has 0 amide bonds. The maximum Gasteiger partial charge on any atom is 0.257 e. The van der Waals surface area contributed by atoms with Gasteiger partial charge in [-0.25, -0.2) is 13.1 Å². The summed E-state index contributed by atoms with van der Waals surface area (Å²) in [6.07, 6.45) is 0.643. The van der Waals surface area contributed by atoms with Crippen LogP contribution in [-0.2, 0) is 20.3 Å². The monoisotopic (exact) mass is 522 g/mol. The van der Waals surface area contributed by atoms with Crippen LogP contribution < -0.4 is 10.3 Å². The highest BCUT2D eigenvalue weighted by Crippen LogP contribution is 2.39. The molecule has 36 heavy (non-hydrogen) atoms. The van der Waals surface area contributed by atoms with E-state index >= 15 is 0 Å². The molecule has 0 saturated carbocycles. The van der Waals surface area contributed by atoms with Crippen molar-refractivity contribution in [3.8, 4) is 5.88 Å². The highest BCUT2D eigenvalue weighted by atomic mass is 32.2. The van der Waals surface area contributed by atoms with Crippen LogP contribution >= 0.6 is 0 Å². The lowest BCUT2D eigenvalue weighted by atomic mass is 9.81. The topological polar surface area (TPSA) is 143 Å². The maximum atomic E-state index is 13.1. The van der Waals surface area contributed by atoms with Gasteiger partial charge in [-0.2, -0.15) is 5.11 Å². The average Bonchev–Trinajstić information content (AvgIpc) is 2.76. The van der Waals surface area contributed by atoms with E-state index < -0.39 is 15.6 Å². The Morgan fingerprint density at radius 2 is 1.61 bits per heavy atom. The van der Waals surface area contributed by atoms with E-state index in [1.165, 1.54) is 28.8 Å². The third-order valence-corrected chi connectivity index (χ3v) is 7.10. The molecule has 200 valence electrons. The van der Waals surface area contributed by atoms with Crippen molar-refractivity contribution in [2.75, 3.05) is 26.4 Å². The van der Waals surface area contributed by atoms with Gasteiger partial charge < -0.3 is 14.9 Å². The molecular weight excluding hydrogens is 484 g/mol. The van der Waals surface area contributed by atoms with Gasteiger partial charge in [0.15, 0.2) is 0 Å². The van der Waals surface area contributed by atoms with Crippen LogP contribution in [-0.4, -0.2) is 49.6 Å². The second-order valence-electron chi connectivity index (χ2n) is 10.5. The van der Waals surface area contributed by atoms with Gasteiger partial charge in [-0.15, -0.1) is 5.11 Å². The molecule has 0 aliphatic heterocycles. The molecule has 11 heteroatoms. The molecule has 10 nitrogen and oxygen atoms in total. The average molecular weight is 523 g/mol. The van der Waals surface area contributed by atoms with Crippen LogP contribution in [0.15, 0.2) is 44.2 Å². The van der Waals surface area contributed by atoms with Crippen LogP contribution in [0.2, 0.25) is 0 Å². The number of benzene rings is 1. The zero-order valence-corrected chi connectivity index (χ0v) is 22.9. The molecule has 2 aromatic rings. The molecule has 1 aromatic carbocycles. The highest BCUT2D eigenvalue weighted by molar-refractivity contribution is 7.89. The summed E-state index contributed by atoms with van der Waals surface area (Å²) in [6, 6.07) is 5.80. The summed E-state index contributed by atoms with van der Waals surface area (Å²) >= 11 is 0. The summed E-state index contributed by atoms with van der Waals surface area (Å²) in [6.45, 7) is 13.7. The Kier molecular flexibility index (Phi) is 9.58. The number of rotatable bonds is 11. The third-order valence-electron chi connectivity index (χ3n) is 5.62. The number of aliphatic hydroxyl groups is 1.